The van der Waals surface area contributed by atoms with Crippen molar-refractivity contribution in [2.45, 2.75) is 38.6 Å². The lowest BCUT2D eigenvalue weighted by atomic mass is 9.93. The van der Waals surface area contributed by atoms with Gasteiger partial charge in [0, 0.05) is 13.1 Å². The van der Waals surface area contributed by atoms with E-state index in [2.05, 4.69) is 5.32 Å². The molecule has 32 heavy (non-hydrogen) atoms. The number of carbonyl (C=O) groups excluding carboxylic acids is 2. The average Bonchev–Trinajstić information content (AvgIpc) is 2.72. The molecule has 0 fully saturated rings. The first-order chi connectivity index (χ1) is 14.9. The monoisotopic (exact) mass is 446 g/mol. The number of alkyl halides is 3. The second kappa shape index (κ2) is 9.06. The van der Waals surface area contributed by atoms with Crippen molar-refractivity contribution in [3.63, 3.8) is 0 Å². The maximum atomic E-state index is 12.9. The molecule has 3 rings (SSSR count). The van der Waals surface area contributed by atoms with Crippen LogP contribution in [0, 0.1) is 0 Å². The van der Waals surface area contributed by atoms with E-state index in [4.69, 9.17) is 4.74 Å². The number of hydrogen-bond acceptors (Lipinski definition) is 3. The molecule has 2 aromatic carbocycles. The van der Waals surface area contributed by atoms with Gasteiger partial charge in [0.15, 0.2) is 0 Å². The Balaban J connectivity index is 1.87. The molecule has 0 aliphatic carbocycles. The summed E-state index contributed by atoms with van der Waals surface area (Å²) in [6.07, 6.45) is -4.22. The van der Waals surface area contributed by atoms with Crippen LogP contribution in [0.3, 0.4) is 0 Å². The van der Waals surface area contributed by atoms with Gasteiger partial charge < -0.3 is 15.0 Å². The molecule has 1 heterocycles. The number of rotatable bonds is 3. The molecule has 170 valence electrons. The standard InChI is InChI=1S/C24H25F3N2O3/c1-23(2,3)32-22(31)28-20-15-29(21(30)24(25,26)27)14-13-19(20)18-11-9-17(10-12-18)16-7-5-4-6-8-16/h4-13,20H,14-15H2,1-3H3,(H,28,31)/t20-/m0/s1. The molecular formula is C24H25F3N2O3. The summed E-state index contributed by atoms with van der Waals surface area (Å²) in [4.78, 5) is 24.8. The highest BCUT2D eigenvalue weighted by atomic mass is 19.4. The average molecular weight is 446 g/mol. The molecule has 0 spiro atoms. The van der Waals surface area contributed by atoms with Gasteiger partial charge in [0.05, 0.1) is 6.04 Å². The second-order valence-electron chi connectivity index (χ2n) is 8.51. The number of ether oxygens (including phenoxy) is 1. The van der Waals surface area contributed by atoms with Gasteiger partial charge in [-0.1, -0.05) is 60.7 Å². The number of hydrogen-bond donors (Lipinski definition) is 1. The minimum atomic E-state index is -4.99. The van der Waals surface area contributed by atoms with Crippen molar-refractivity contribution in [2.75, 3.05) is 13.1 Å². The van der Waals surface area contributed by atoms with Crippen molar-refractivity contribution >= 4 is 17.6 Å². The maximum absolute atomic E-state index is 12.9. The number of carbonyl (C=O) groups is 2. The lowest BCUT2D eigenvalue weighted by Gasteiger charge is -2.34. The lowest BCUT2D eigenvalue weighted by Crippen LogP contribution is -2.52. The van der Waals surface area contributed by atoms with E-state index in [9.17, 15) is 22.8 Å². The van der Waals surface area contributed by atoms with E-state index in [1.807, 2.05) is 54.6 Å². The number of alkyl carbamates (subject to hydrolysis) is 1. The Hall–Kier alpha value is -3.29. The zero-order chi connectivity index (χ0) is 23.5. The zero-order valence-corrected chi connectivity index (χ0v) is 18.1. The van der Waals surface area contributed by atoms with E-state index in [0.29, 0.717) is 10.5 Å². The van der Waals surface area contributed by atoms with E-state index in [-0.39, 0.29) is 13.1 Å². The van der Waals surface area contributed by atoms with E-state index in [1.54, 1.807) is 20.8 Å². The molecule has 2 aromatic rings. The number of halogens is 3. The van der Waals surface area contributed by atoms with Gasteiger partial charge in [-0.25, -0.2) is 4.79 Å². The van der Waals surface area contributed by atoms with E-state index in [0.717, 1.165) is 16.7 Å². The van der Waals surface area contributed by atoms with Gasteiger partial charge in [-0.15, -0.1) is 0 Å². The zero-order valence-electron chi connectivity index (χ0n) is 18.1. The third-order valence-electron chi connectivity index (χ3n) is 4.86. The number of amides is 2. The van der Waals surface area contributed by atoms with Crippen LogP contribution < -0.4 is 5.32 Å². The van der Waals surface area contributed by atoms with Crippen LogP contribution >= 0.6 is 0 Å². The Morgan fingerprint density at radius 1 is 0.938 bits per heavy atom. The SMILES string of the molecule is CC(C)(C)OC(=O)N[C@H]1CN(C(=O)C(F)(F)F)CC=C1c1ccc(-c2ccccc2)cc1. The quantitative estimate of drug-likeness (QED) is 0.719. The fourth-order valence-electron chi connectivity index (χ4n) is 3.47. The predicted molar refractivity (Wildman–Crippen MR) is 116 cm³/mol. The summed E-state index contributed by atoms with van der Waals surface area (Å²) in [7, 11) is 0. The van der Waals surface area contributed by atoms with Crippen LogP contribution in [0.4, 0.5) is 18.0 Å². The molecular weight excluding hydrogens is 421 g/mol. The molecule has 5 nitrogen and oxygen atoms in total. The topological polar surface area (TPSA) is 58.6 Å². The number of nitrogens with one attached hydrogen (secondary N) is 1. The van der Waals surface area contributed by atoms with E-state index in [1.165, 1.54) is 6.08 Å². The normalized spacial score (nSPS) is 16.9. The number of benzene rings is 2. The van der Waals surface area contributed by atoms with Crippen LogP contribution in [0.2, 0.25) is 0 Å². The highest BCUT2D eigenvalue weighted by molar-refractivity contribution is 5.85. The first-order valence-corrected chi connectivity index (χ1v) is 10.2. The summed E-state index contributed by atoms with van der Waals surface area (Å²) in [5.41, 5.74) is 2.60. The summed E-state index contributed by atoms with van der Waals surface area (Å²) in [5.74, 6) is -1.94. The molecule has 2 amide bonds. The minimum absolute atomic E-state index is 0.208. The van der Waals surface area contributed by atoms with Gasteiger partial charge in [-0.05, 0) is 43.0 Å². The van der Waals surface area contributed by atoms with E-state index >= 15 is 0 Å². The highest BCUT2D eigenvalue weighted by Gasteiger charge is 2.44. The summed E-state index contributed by atoms with van der Waals surface area (Å²) in [6.45, 7) is 4.54. The summed E-state index contributed by atoms with van der Waals surface area (Å²) in [5, 5.41) is 2.62. The molecule has 1 atom stereocenters. The second-order valence-corrected chi connectivity index (χ2v) is 8.51. The number of nitrogens with zero attached hydrogens (tertiary/aromatic N) is 1. The summed E-state index contributed by atoms with van der Waals surface area (Å²) in [6, 6.07) is 16.4. The predicted octanol–water partition coefficient (Wildman–Crippen LogP) is 5.03. The van der Waals surface area contributed by atoms with Crippen molar-refractivity contribution in [1.82, 2.24) is 10.2 Å². The van der Waals surface area contributed by atoms with Crippen LogP contribution in [0.25, 0.3) is 16.7 Å². The van der Waals surface area contributed by atoms with E-state index < -0.39 is 29.8 Å². The van der Waals surface area contributed by atoms with Crippen LogP contribution in [-0.2, 0) is 9.53 Å². The first-order valence-electron chi connectivity index (χ1n) is 10.2. The summed E-state index contributed by atoms with van der Waals surface area (Å²) >= 11 is 0. The first kappa shape index (κ1) is 23.4. The van der Waals surface area contributed by atoms with Crippen LogP contribution in [0.15, 0.2) is 60.7 Å². The van der Waals surface area contributed by atoms with Gasteiger partial charge in [0.2, 0.25) is 0 Å². The van der Waals surface area contributed by atoms with Gasteiger partial charge in [0.25, 0.3) is 0 Å². The fourth-order valence-corrected chi connectivity index (χ4v) is 3.47. The Morgan fingerprint density at radius 2 is 1.50 bits per heavy atom. The minimum Gasteiger partial charge on any atom is -0.444 e. The maximum Gasteiger partial charge on any atom is 0.471 e. The van der Waals surface area contributed by atoms with Crippen LogP contribution in [0.5, 0.6) is 0 Å². The third-order valence-corrected chi connectivity index (χ3v) is 4.86. The van der Waals surface area contributed by atoms with Gasteiger partial charge in [-0.3, -0.25) is 4.79 Å². The van der Waals surface area contributed by atoms with Crippen molar-refractivity contribution in [1.29, 1.82) is 0 Å². The van der Waals surface area contributed by atoms with Gasteiger partial charge in [0.1, 0.15) is 5.60 Å². The fraction of sp³-hybridized carbons (Fsp3) is 0.333. The molecule has 1 N–H and O–H groups in total. The Kier molecular flexibility index (Phi) is 6.62. The molecule has 0 saturated carbocycles. The van der Waals surface area contributed by atoms with Gasteiger partial charge in [-0.2, -0.15) is 13.2 Å². The molecule has 0 bridgehead atoms. The highest BCUT2D eigenvalue weighted by Crippen LogP contribution is 2.28. The molecule has 1 aliphatic heterocycles. The van der Waals surface area contributed by atoms with Crippen molar-refractivity contribution < 1.29 is 27.5 Å². The third kappa shape index (κ3) is 5.90. The molecule has 0 saturated heterocycles. The van der Waals surface area contributed by atoms with Crippen molar-refractivity contribution in [3.8, 4) is 11.1 Å². The Labute approximate surface area is 184 Å². The molecule has 0 aromatic heterocycles. The van der Waals surface area contributed by atoms with Crippen LogP contribution in [0.1, 0.15) is 26.3 Å². The summed E-state index contributed by atoms with van der Waals surface area (Å²) < 4.78 is 44.1. The van der Waals surface area contributed by atoms with Gasteiger partial charge >= 0.3 is 18.2 Å². The molecule has 8 heteroatoms. The van der Waals surface area contributed by atoms with Crippen LogP contribution in [-0.4, -0.2) is 47.8 Å². The Morgan fingerprint density at radius 3 is 2.06 bits per heavy atom. The molecule has 0 radical (unpaired) electrons. The lowest BCUT2D eigenvalue weighted by molar-refractivity contribution is -0.185. The smallest absolute Gasteiger partial charge is 0.444 e. The van der Waals surface area contributed by atoms with Crippen molar-refractivity contribution in [2.24, 2.45) is 0 Å². The van der Waals surface area contributed by atoms with Crippen molar-refractivity contribution in [3.05, 3.63) is 66.2 Å². The Bertz CT molecular complexity index is 994. The molecule has 0 unspecified atom stereocenters. The largest absolute Gasteiger partial charge is 0.471 e. The molecule has 1 aliphatic rings.